The second-order valence-electron chi connectivity index (χ2n) is 4.48. The van der Waals surface area contributed by atoms with Crippen LogP contribution in [-0.4, -0.2) is 47.0 Å². The number of hydrogen-bond acceptors (Lipinski definition) is 5. The molecule has 1 fully saturated rings. The Morgan fingerprint density at radius 1 is 1.47 bits per heavy atom. The van der Waals surface area contributed by atoms with Crippen LogP contribution < -0.4 is 15.5 Å². The molecule has 0 atom stereocenters. The normalized spacial score (nSPS) is 16.3. The number of nitrogens with one attached hydrogen (secondary N) is 2. The fraction of sp³-hybridized carbons (Fsp3) is 0.417. The van der Waals surface area contributed by atoms with E-state index in [4.69, 9.17) is 0 Å². The molecule has 19 heavy (non-hydrogen) atoms. The van der Waals surface area contributed by atoms with Gasteiger partial charge in [0.2, 0.25) is 5.91 Å². The minimum Gasteiger partial charge on any atom is -0.372 e. The Labute approximate surface area is 110 Å². The number of imidazole rings is 1. The fourth-order valence-electron chi connectivity index (χ4n) is 2.23. The van der Waals surface area contributed by atoms with E-state index < -0.39 is 0 Å². The molecule has 7 heteroatoms. The van der Waals surface area contributed by atoms with Crippen molar-refractivity contribution in [2.75, 3.05) is 36.9 Å². The minimum atomic E-state index is 0.0267. The number of hydrogen-bond donors (Lipinski definition) is 2. The van der Waals surface area contributed by atoms with Crippen LogP contribution in [0.2, 0.25) is 0 Å². The van der Waals surface area contributed by atoms with Gasteiger partial charge in [-0.2, -0.15) is 0 Å². The maximum atomic E-state index is 11.7. The number of fused-ring (bicyclic) bond motifs is 1. The van der Waals surface area contributed by atoms with Gasteiger partial charge in [-0.05, 0) is 6.42 Å². The van der Waals surface area contributed by atoms with E-state index in [1.54, 1.807) is 6.20 Å². The largest absolute Gasteiger partial charge is 0.372 e. The van der Waals surface area contributed by atoms with Gasteiger partial charge in [0, 0.05) is 32.5 Å². The van der Waals surface area contributed by atoms with Crippen molar-refractivity contribution in [2.24, 2.45) is 0 Å². The van der Waals surface area contributed by atoms with Crippen LogP contribution >= 0.6 is 0 Å². The van der Waals surface area contributed by atoms with Gasteiger partial charge in [0.25, 0.3) is 0 Å². The molecule has 0 radical (unpaired) electrons. The molecule has 0 aliphatic carbocycles. The molecule has 3 rings (SSSR count). The molecule has 2 aromatic heterocycles. The first-order valence-electron chi connectivity index (χ1n) is 6.31. The highest BCUT2D eigenvalue weighted by molar-refractivity contribution is 5.83. The third kappa shape index (κ3) is 2.18. The quantitative estimate of drug-likeness (QED) is 0.801. The van der Waals surface area contributed by atoms with Gasteiger partial charge in [-0.25, -0.2) is 9.97 Å². The second kappa shape index (κ2) is 4.75. The van der Waals surface area contributed by atoms with E-state index in [1.165, 1.54) is 0 Å². The maximum Gasteiger partial charge on any atom is 0.239 e. The first-order valence-corrected chi connectivity index (χ1v) is 6.31. The summed E-state index contributed by atoms with van der Waals surface area (Å²) in [5.41, 5.74) is 0.772. The van der Waals surface area contributed by atoms with Crippen molar-refractivity contribution in [2.45, 2.75) is 6.42 Å². The number of carbonyl (C=O) groups is 1. The van der Waals surface area contributed by atoms with E-state index in [1.807, 2.05) is 28.7 Å². The molecular weight excluding hydrogens is 244 g/mol. The van der Waals surface area contributed by atoms with Crippen molar-refractivity contribution in [1.29, 1.82) is 0 Å². The van der Waals surface area contributed by atoms with Crippen LogP contribution in [0.25, 0.3) is 5.65 Å². The number of amides is 1. The van der Waals surface area contributed by atoms with Crippen molar-refractivity contribution in [3.05, 3.63) is 18.6 Å². The summed E-state index contributed by atoms with van der Waals surface area (Å²) in [6.07, 6.45) is 6.39. The van der Waals surface area contributed by atoms with Crippen LogP contribution in [0.5, 0.6) is 0 Å². The number of nitrogens with zero attached hydrogens (tertiary/aromatic N) is 4. The van der Waals surface area contributed by atoms with E-state index in [0.29, 0.717) is 13.1 Å². The molecule has 1 aliphatic rings. The summed E-state index contributed by atoms with van der Waals surface area (Å²) in [6, 6.07) is 0. The first-order chi connectivity index (χ1) is 9.28. The Balaban J connectivity index is 2.06. The molecule has 2 N–H and O–H groups in total. The summed E-state index contributed by atoms with van der Waals surface area (Å²) in [7, 11) is 1.82. The van der Waals surface area contributed by atoms with Crippen molar-refractivity contribution < 1.29 is 4.79 Å². The Kier molecular flexibility index (Phi) is 2.94. The molecule has 0 spiro atoms. The first kappa shape index (κ1) is 11.8. The van der Waals surface area contributed by atoms with E-state index in [0.717, 1.165) is 30.2 Å². The van der Waals surface area contributed by atoms with E-state index >= 15 is 0 Å². The maximum absolute atomic E-state index is 11.7. The molecule has 0 aromatic carbocycles. The van der Waals surface area contributed by atoms with Gasteiger partial charge in [0.15, 0.2) is 11.5 Å². The van der Waals surface area contributed by atoms with Crippen molar-refractivity contribution in [1.82, 2.24) is 19.7 Å². The Morgan fingerprint density at radius 3 is 3.21 bits per heavy atom. The predicted molar refractivity (Wildman–Crippen MR) is 72.4 cm³/mol. The predicted octanol–water partition coefficient (Wildman–Crippen LogP) is 0.0973. The summed E-state index contributed by atoms with van der Waals surface area (Å²) in [5.74, 6) is 1.53. The smallest absolute Gasteiger partial charge is 0.239 e. The molecule has 2 aromatic rings. The summed E-state index contributed by atoms with van der Waals surface area (Å²) in [4.78, 5) is 22.5. The molecule has 1 amide bonds. The molecule has 100 valence electrons. The second-order valence-corrected chi connectivity index (χ2v) is 4.48. The lowest BCUT2D eigenvalue weighted by molar-refractivity contribution is -0.119. The molecule has 1 saturated heterocycles. The molecule has 0 bridgehead atoms. The highest BCUT2D eigenvalue weighted by Gasteiger charge is 2.19. The molecule has 1 aliphatic heterocycles. The van der Waals surface area contributed by atoms with Crippen molar-refractivity contribution in [3.8, 4) is 0 Å². The third-order valence-corrected chi connectivity index (χ3v) is 3.17. The van der Waals surface area contributed by atoms with Gasteiger partial charge in [0.05, 0.1) is 12.7 Å². The van der Waals surface area contributed by atoms with E-state index in [9.17, 15) is 4.79 Å². The van der Waals surface area contributed by atoms with Crippen LogP contribution in [0.15, 0.2) is 18.6 Å². The van der Waals surface area contributed by atoms with Crippen molar-refractivity contribution >= 4 is 23.2 Å². The SMILES string of the molecule is CNc1cn2ccnc2c(N2CCCNC(=O)C2)n1. The summed E-state index contributed by atoms with van der Waals surface area (Å²) in [5, 5.41) is 5.89. The van der Waals surface area contributed by atoms with Crippen LogP contribution in [0.4, 0.5) is 11.6 Å². The zero-order valence-electron chi connectivity index (χ0n) is 10.8. The standard InChI is InChI=1S/C12H16N6O/c1-13-9-7-18-6-4-15-11(18)12(16-9)17-5-2-3-14-10(19)8-17/h4,6-7,13H,2-3,5,8H2,1H3,(H,14,19). The van der Waals surface area contributed by atoms with E-state index in [2.05, 4.69) is 20.6 Å². The van der Waals surface area contributed by atoms with Crippen LogP contribution in [0.3, 0.4) is 0 Å². The number of carbonyl (C=O) groups excluding carboxylic acids is 1. The Hall–Kier alpha value is -2.31. The lowest BCUT2D eigenvalue weighted by Crippen LogP contribution is -2.34. The average molecular weight is 260 g/mol. The lowest BCUT2D eigenvalue weighted by atomic mass is 10.4. The highest BCUT2D eigenvalue weighted by Crippen LogP contribution is 2.21. The summed E-state index contributed by atoms with van der Waals surface area (Å²) in [6.45, 7) is 1.83. The van der Waals surface area contributed by atoms with Gasteiger partial charge in [0.1, 0.15) is 5.82 Å². The summed E-state index contributed by atoms with van der Waals surface area (Å²) < 4.78 is 1.91. The molecule has 0 saturated carbocycles. The monoisotopic (exact) mass is 260 g/mol. The van der Waals surface area contributed by atoms with Crippen molar-refractivity contribution in [3.63, 3.8) is 0 Å². The third-order valence-electron chi connectivity index (χ3n) is 3.17. The number of rotatable bonds is 2. The number of anilines is 2. The highest BCUT2D eigenvalue weighted by atomic mass is 16.2. The minimum absolute atomic E-state index is 0.0267. The Morgan fingerprint density at radius 2 is 2.37 bits per heavy atom. The van der Waals surface area contributed by atoms with Gasteiger partial charge in [-0.1, -0.05) is 0 Å². The molecule has 0 unspecified atom stereocenters. The number of aromatic nitrogens is 3. The summed E-state index contributed by atoms with van der Waals surface area (Å²) >= 11 is 0. The van der Waals surface area contributed by atoms with E-state index in [-0.39, 0.29) is 5.91 Å². The van der Waals surface area contributed by atoms with Crippen LogP contribution in [0, 0.1) is 0 Å². The van der Waals surface area contributed by atoms with Gasteiger partial charge in [-0.15, -0.1) is 0 Å². The molecular formula is C12H16N6O. The topological polar surface area (TPSA) is 74.6 Å². The van der Waals surface area contributed by atoms with Gasteiger partial charge < -0.3 is 19.9 Å². The lowest BCUT2D eigenvalue weighted by Gasteiger charge is -2.21. The van der Waals surface area contributed by atoms with Crippen LogP contribution in [-0.2, 0) is 4.79 Å². The van der Waals surface area contributed by atoms with Gasteiger partial charge in [-0.3, -0.25) is 4.79 Å². The van der Waals surface area contributed by atoms with Crippen LogP contribution in [0.1, 0.15) is 6.42 Å². The molecule has 7 nitrogen and oxygen atoms in total. The molecule has 3 heterocycles. The zero-order valence-corrected chi connectivity index (χ0v) is 10.8. The fourth-order valence-corrected chi connectivity index (χ4v) is 2.23. The average Bonchev–Trinajstić information content (AvgIpc) is 2.79. The van der Waals surface area contributed by atoms with Gasteiger partial charge >= 0.3 is 0 Å². The zero-order chi connectivity index (χ0) is 13.2. The Bertz CT molecular complexity index is 607.